The SMILES string of the molecule is CC(C)N(C)C[C@@H](C)N. The van der Waals surface area contributed by atoms with Gasteiger partial charge in [-0.1, -0.05) is 0 Å². The van der Waals surface area contributed by atoms with E-state index in [1.54, 1.807) is 0 Å². The number of likely N-dealkylation sites (N-methyl/N-ethyl adjacent to an activating group) is 1. The summed E-state index contributed by atoms with van der Waals surface area (Å²) in [4.78, 5) is 2.24. The molecule has 2 heteroatoms. The summed E-state index contributed by atoms with van der Waals surface area (Å²) in [6.07, 6.45) is 0. The van der Waals surface area contributed by atoms with Crippen LogP contribution in [0.15, 0.2) is 0 Å². The summed E-state index contributed by atoms with van der Waals surface area (Å²) in [7, 11) is 2.09. The Labute approximate surface area is 58.0 Å². The van der Waals surface area contributed by atoms with Crippen molar-refractivity contribution in [2.24, 2.45) is 5.73 Å². The first-order valence-corrected chi connectivity index (χ1v) is 3.50. The second kappa shape index (κ2) is 3.85. The highest BCUT2D eigenvalue weighted by Crippen LogP contribution is 1.92. The maximum Gasteiger partial charge on any atom is 0.0139 e. The molecule has 0 aliphatic rings. The van der Waals surface area contributed by atoms with E-state index in [-0.39, 0.29) is 6.04 Å². The molecule has 0 saturated carbocycles. The second-order valence-corrected chi connectivity index (χ2v) is 3.01. The zero-order valence-corrected chi connectivity index (χ0v) is 6.89. The van der Waals surface area contributed by atoms with Crippen LogP contribution in [0.4, 0.5) is 0 Å². The largest absolute Gasteiger partial charge is 0.327 e. The zero-order valence-electron chi connectivity index (χ0n) is 6.89. The molecule has 0 aromatic carbocycles. The van der Waals surface area contributed by atoms with Gasteiger partial charge in [0, 0.05) is 18.6 Å². The van der Waals surface area contributed by atoms with Crippen LogP contribution in [0, 0.1) is 0 Å². The topological polar surface area (TPSA) is 29.3 Å². The van der Waals surface area contributed by atoms with Gasteiger partial charge in [0.15, 0.2) is 0 Å². The zero-order chi connectivity index (χ0) is 7.44. The number of rotatable bonds is 3. The van der Waals surface area contributed by atoms with Gasteiger partial charge in [-0.15, -0.1) is 0 Å². The summed E-state index contributed by atoms with van der Waals surface area (Å²) in [6.45, 7) is 7.35. The fourth-order valence-electron chi connectivity index (χ4n) is 0.665. The molecule has 2 N–H and O–H groups in total. The summed E-state index contributed by atoms with van der Waals surface area (Å²) in [5.41, 5.74) is 5.59. The van der Waals surface area contributed by atoms with E-state index in [9.17, 15) is 0 Å². The lowest BCUT2D eigenvalue weighted by atomic mass is 10.3. The van der Waals surface area contributed by atoms with Crippen molar-refractivity contribution >= 4 is 0 Å². The van der Waals surface area contributed by atoms with Gasteiger partial charge in [0.1, 0.15) is 0 Å². The third kappa shape index (κ3) is 4.43. The summed E-state index contributed by atoms with van der Waals surface area (Å²) >= 11 is 0. The van der Waals surface area contributed by atoms with Gasteiger partial charge in [0.25, 0.3) is 0 Å². The third-order valence-electron chi connectivity index (χ3n) is 1.46. The fourth-order valence-corrected chi connectivity index (χ4v) is 0.665. The molecule has 0 amide bonds. The average molecular weight is 130 g/mol. The highest BCUT2D eigenvalue weighted by atomic mass is 15.1. The number of nitrogens with zero attached hydrogens (tertiary/aromatic N) is 1. The molecule has 0 aromatic heterocycles. The van der Waals surface area contributed by atoms with Gasteiger partial charge in [-0.2, -0.15) is 0 Å². The Hall–Kier alpha value is -0.0800. The molecule has 0 radical (unpaired) electrons. The van der Waals surface area contributed by atoms with E-state index in [0.717, 1.165) is 6.54 Å². The summed E-state index contributed by atoms with van der Waals surface area (Å²) < 4.78 is 0. The highest BCUT2D eigenvalue weighted by molar-refractivity contribution is 4.62. The Morgan fingerprint density at radius 2 is 1.78 bits per heavy atom. The second-order valence-electron chi connectivity index (χ2n) is 3.01. The van der Waals surface area contributed by atoms with Crippen LogP contribution in [0.25, 0.3) is 0 Å². The third-order valence-corrected chi connectivity index (χ3v) is 1.46. The van der Waals surface area contributed by atoms with Crippen LogP contribution < -0.4 is 5.73 Å². The number of hydrogen-bond acceptors (Lipinski definition) is 2. The van der Waals surface area contributed by atoms with Crippen molar-refractivity contribution in [1.82, 2.24) is 4.90 Å². The first kappa shape index (κ1) is 8.92. The summed E-state index contributed by atoms with van der Waals surface area (Å²) in [5, 5.41) is 0. The van der Waals surface area contributed by atoms with E-state index in [2.05, 4.69) is 25.8 Å². The van der Waals surface area contributed by atoms with Crippen molar-refractivity contribution in [3.8, 4) is 0 Å². The predicted molar refractivity (Wildman–Crippen MR) is 41.4 cm³/mol. The Morgan fingerprint density at radius 1 is 1.33 bits per heavy atom. The van der Waals surface area contributed by atoms with Crippen LogP contribution in [0.1, 0.15) is 20.8 Å². The summed E-state index contributed by atoms with van der Waals surface area (Å²) in [5.74, 6) is 0. The molecule has 0 unspecified atom stereocenters. The Bertz CT molecular complexity index is 69.3. The smallest absolute Gasteiger partial charge is 0.0139 e. The highest BCUT2D eigenvalue weighted by Gasteiger charge is 2.03. The normalized spacial score (nSPS) is 15.0. The summed E-state index contributed by atoms with van der Waals surface area (Å²) in [6, 6.07) is 0.897. The van der Waals surface area contributed by atoms with Gasteiger partial charge >= 0.3 is 0 Å². The van der Waals surface area contributed by atoms with Crippen LogP contribution >= 0.6 is 0 Å². The first-order chi connectivity index (χ1) is 4.04. The van der Waals surface area contributed by atoms with Gasteiger partial charge in [-0.3, -0.25) is 0 Å². The molecule has 0 spiro atoms. The van der Waals surface area contributed by atoms with Gasteiger partial charge in [0.05, 0.1) is 0 Å². The van der Waals surface area contributed by atoms with Gasteiger partial charge in [0.2, 0.25) is 0 Å². The van der Waals surface area contributed by atoms with Crippen molar-refractivity contribution in [3.05, 3.63) is 0 Å². The Morgan fingerprint density at radius 3 is 1.89 bits per heavy atom. The van der Waals surface area contributed by atoms with E-state index in [0.29, 0.717) is 6.04 Å². The van der Waals surface area contributed by atoms with Gasteiger partial charge in [-0.05, 0) is 27.8 Å². The molecule has 9 heavy (non-hydrogen) atoms. The predicted octanol–water partition coefficient (Wildman–Crippen LogP) is 0.674. The molecule has 56 valence electrons. The molecule has 2 nitrogen and oxygen atoms in total. The molecular formula is C7H18N2. The molecule has 0 fully saturated rings. The van der Waals surface area contributed by atoms with E-state index >= 15 is 0 Å². The monoisotopic (exact) mass is 130 g/mol. The Kier molecular flexibility index (Phi) is 3.82. The van der Waals surface area contributed by atoms with Crippen LogP contribution in [0.3, 0.4) is 0 Å². The fraction of sp³-hybridized carbons (Fsp3) is 1.00. The minimum absolute atomic E-state index is 0.289. The van der Waals surface area contributed by atoms with E-state index < -0.39 is 0 Å². The minimum atomic E-state index is 0.289. The van der Waals surface area contributed by atoms with Crippen LogP contribution in [0.5, 0.6) is 0 Å². The van der Waals surface area contributed by atoms with E-state index in [1.165, 1.54) is 0 Å². The molecule has 0 aliphatic heterocycles. The Balaban J connectivity index is 3.38. The average Bonchev–Trinajstić information content (AvgIpc) is 1.63. The maximum atomic E-state index is 5.59. The van der Waals surface area contributed by atoms with Gasteiger partial charge in [-0.25, -0.2) is 0 Å². The van der Waals surface area contributed by atoms with Crippen molar-refractivity contribution < 1.29 is 0 Å². The van der Waals surface area contributed by atoms with E-state index in [1.807, 2.05) is 6.92 Å². The standard InChI is InChI=1S/C7H18N2/c1-6(2)9(4)5-7(3)8/h6-7H,5,8H2,1-4H3/t7-/m1/s1. The molecule has 0 heterocycles. The van der Waals surface area contributed by atoms with Crippen LogP contribution in [-0.2, 0) is 0 Å². The lowest BCUT2D eigenvalue weighted by molar-refractivity contribution is 0.261. The maximum absolute atomic E-state index is 5.59. The van der Waals surface area contributed by atoms with Crippen LogP contribution in [0.2, 0.25) is 0 Å². The van der Waals surface area contributed by atoms with Crippen molar-refractivity contribution in [2.45, 2.75) is 32.9 Å². The molecule has 0 rings (SSSR count). The first-order valence-electron chi connectivity index (χ1n) is 3.50. The van der Waals surface area contributed by atoms with Crippen molar-refractivity contribution in [2.75, 3.05) is 13.6 Å². The number of nitrogens with two attached hydrogens (primary N) is 1. The lowest BCUT2D eigenvalue weighted by Crippen LogP contribution is -2.36. The van der Waals surface area contributed by atoms with Crippen molar-refractivity contribution in [1.29, 1.82) is 0 Å². The lowest BCUT2D eigenvalue weighted by Gasteiger charge is -2.22. The molecule has 1 atom stereocenters. The van der Waals surface area contributed by atoms with E-state index in [4.69, 9.17) is 5.73 Å². The molecule has 0 aromatic rings. The van der Waals surface area contributed by atoms with Crippen LogP contribution in [-0.4, -0.2) is 30.6 Å². The molecule has 0 aliphatic carbocycles. The quantitative estimate of drug-likeness (QED) is 0.608. The van der Waals surface area contributed by atoms with Crippen molar-refractivity contribution in [3.63, 3.8) is 0 Å². The molecular weight excluding hydrogens is 112 g/mol. The minimum Gasteiger partial charge on any atom is -0.327 e. The molecule has 0 saturated heterocycles. The molecule has 0 bridgehead atoms. The van der Waals surface area contributed by atoms with Gasteiger partial charge < -0.3 is 10.6 Å². The number of hydrogen-bond donors (Lipinski definition) is 1.